The topological polar surface area (TPSA) is 18.5 Å². The van der Waals surface area contributed by atoms with E-state index < -0.39 is 0 Å². The fraction of sp³-hybridized carbons (Fsp3) is 0.360. The van der Waals surface area contributed by atoms with Crippen LogP contribution in [0.5, 0.6) is 11.5 Å². The summed E-state index contributed by atoms with van der Waals surface area (Å²) >= 11 is 0. The van der Waals surface area contributed by atoms with Crippen LogP contribution in [-0.2, 0) is 0 Å². The summed E-state index contributed by atoms with van der Waals surface area (Å²) in [7, 11) is 3.52. The molecule has 1 aliphatic carbocycles. The van der Waals surface area contributed by atoms with E-state index in [1.54, 1.807) is 14.2 Å². The van der Waals surface area contributed by atoms with Crippen LogP contribution < -0.4 is 9.47 Å². The molecule has 0 saturated carbocycles. The Bertz CT molecular complexity index is 958. The van der Waals surface area contributed by atoms with Gasteiger partial charge in [-0.05, 0) is 52.3 Å². The first kappa shape index (κ1) is 17.9. The molecule has 3 aromatic carbocycles. The van der Waals surface area contributed by atoms with E-state index in [0.717, 1.165) is 11.5 Å². The summed E-state index contributed by atoms with van der Waals surface area (Å²) in [5, 5.41) is 2.47. The molecule has 2 heteroatoms. The molecule has 140 valence electrons. The van der Waals surface area contributed by atoms with E-state index in [9.17, 15) is 0 Å². The molecule has 1 aliphatic rings. The third-order valence-electron chi connectivity index (χ3n) is 5.88. The van der Waals surface area contributed by atoms with E-state index in [0.29, 0.717) is 5.92 Å². The lowest BCUT2D eigenvalue weighted by Gasteiger charge is -2.16. The van der Waals surface area contributed by atoms with Crippen molar-refractivity contribution in [3.63, 3.8) is 0 Å². The van der Waals surface area contributed by atoms with Crippen molar-refractivity contribution in [2.45, 2.75) is 44.9 Å². The van der Waals surface area contributed by atoms with Crippen LogP contribution in [0.1, 0.15) is 56.1 Å². The Kier molecular flexibility index (Phi) is 5.07. The summed E-state index contributed by atoms with van der Waals surface area (Å²) in [6.07, 6.45) is 6.31. The fourth-order valence-electron chi connectivity index (χ4n) is 4.54. The average Bonchev–Trinajstić information content (AvgIpc) is 3.03. The van der Waals surface area contributed by atoms with Crippen molar-refractivity contribution in [3.8, 4) is 22.6 Å². The van der Waals surface area contributed by atoms with Crippen molar-refractivity contribution in [2.75, 3.05) is 14.2 Å². The van der Waals surface area contributed by atoms with Crippen molar-refractivity contribution >= 4 is 10.8 Å². The molecule has 0 heterocycles. The van der Waals surface area contributed by atoms with Crippen LogP contribution >= 0.6 is 0 Å². The number of rotatable bonds is 7. The lowest BCUT2D eigenvalue weighted by Crippen LogP contribution is -1.98. The van der Waals surface area contributed by atoms with Gasteiger partial charge in [-0.2, -0.15) is 0 Å². The lowest BCUT2D eigenvalue weighted by molar-refractivity contribution is 0.414. The van der Waals surface area contributed by atoms with Crippen molar-refractivity contribution in [1.29, 1.82) is 0 Å². The third kappa shape index (κ3) is 3.07. The molecule has 0 aromatic heterocycles. The van der Waals surface area contributed by atoms with Gasteiger partial charge in [-0.3, -0.25) is 0 Å². The molecule has 4 rings (SSSR count). The molecule has 2 nitrogen and oxygen atoms in total. The zero-order valence-corrected chi connectivity index (χ0v) is 16.5. The molecule has 0 amide bonds. The summed E-state index contributed by atoms with van der Waals surface area (Å²) in [5.74, 6) is 2.33. The van der Waals surface area contributed by atoms with Crippen molar-refractivity contribution in [1.82, 2.24) is 0 Å². The minimum absolute atomic E-state index is 0.417. The molecule has 3 aromatic rings. The molecule has 0 fully saturated rings. The Morgan fingerprint density at radius 1 is 0.815 bits per heavy atom. The molecule has 27 heavy (non-hydrogen) atoms. The maximum absolute atomic E-state index is 5.76. The highest BCUT2D eigenvalue weighted by Crippen LogP contribution is 2.52. The molecule has 0 spiro atoms. The van der Waals surface area contributed by atoms with E-state index in [-0.39, 0.29) is 0 Å². The van der Waals surface area contributed by atoms with E-state index in [4.69, 9.17) is 9.47 Å². The predicted molar refractivity (Wildman–Crippen MR) is 113 cm³/mol. The van der Waals surface area contributed by atoms with E-state index in [2.05, 4.69) is 55.5 Å². The van der Waals surface area contributed by atoms with Gasteiger partial charge < -0.3 is 9.47 Å². The van der Waals surface area contributed by atoms with Gasteiger partial charge in [-0.25, -0.2) is 0 Å². The summed E-state index contributed by atoms with van der Waals surface area (Å²) < 4.78 is 11.3. The van der Waals surface area contributed by atoms with Crippen LogP contribution in [0, 0.1) is 0 Å². The molecule has 1 unspecified atom stereocenters. The summed E-state index contributed by atoms with van der Waals surface area (Å²) in [6.45, 7) is 2.27. The first-order chi connectivity index (χ1) is 13.3. The van der Waals surface area contributed by atoms with Gasteiger partial charge in [0.05, 0.1) is 14.2 Å². The highest BCUT2D eigenvalue weighted by atomic mass is 16.5. The molecular formula is C25H28O2. The fourth-order valence-corrected chi connectivity index (χ4v) is 4.54. The Hall–Kier alpha value is -2.48. The van der Waals surface area contributed by atoms with Gasteiger partial charge in [-0.1, -0.05) is 62.9 Å². The molecule has 1 atom stereocenters. The van der Waals surface area contributed by atoms with Crippen LogP contribution in [0.4, 0.5) is 0 Å². The minimum atomic E-state index is 0.417. The first-order valence-corrected chi connectivity index (χ1v) is 10.1. The Balaban J connectivity index is 1.88. The Morgan fingerprint density at radius 3 is 2.37 bits per heavy atom. The third-order valence-corrected chi connectivity index (χ3v) is 5.88. The summed E-state index contributed by atoms with van der Waals surface area (Å²) in [4.78, 5) is 0. The quantitative estimate of drug-likeness (QED) is 0.425. The highest BCUT2D eigenvalue weighted by Gasteiger charge is 2.31. The van der Waals surface area contributed by atoms with E-state index in [1.807, 2.05) is 0 Å². The van der Waals surface area contributed by atoms with Crippen LogP contribution in [0.3, 0.4) is 0 Å². The maximum Gasteiger partial charge on any atom is 0.127 e. The average molecular weight is 360 g/mol. The molecule has 0 saturated heterocycles. The van der Waals surface area contributed by atoms with Crippen molar-refractivity contribution < 1.29 is 9.47 Å². The molecular weight excluding hydrogens is 332 g/mol. The summed E-state index contributed by atoms with van der Waals surface area (Å²) in [6, 6.07) is 17.4. The van der Waals surface area contributed by atoms with Gasteiger partial charge in [0.1, 0.15) is 11.5 Å². The van der Waals surface area contributed by atoms with Gasteiger partial charge in [0.2, 0.25) is 0 Å². The van der Waals surface area contributed by atoms with Gasteiger partial charge in [-0.15, -0.1) is 0 Å². The Morgan fingerprint density at radius 2 is 1.63 bits per heavy atom. The molecule has 0 aliphatic heterocycles. The number of hydrogen-bond acceptors (Lipinski definition) is 2. The second kappa shape index (κ2) is 7.64. The smallest absolute Gasteiger partial charge is 0.127 e. The second-order valence-electron chi connectivity index (χ2n) is 7.44. The predicted octanol–water partition coefficient (Wildman–Crippen LogP) is 6.94. The number of methoxy groups -OCH3 is 2. The van der Waals surface area contributed by atoms with Crippen LogP contribution in [-0.4, -0.2) is 14.2 Å². The lowest BCUT2D eigenvalue weighted by atomic mass is 9.90. The standard InChI is InChI=1S/C25H28O2/c1-4-5-6-7-10-18-22-15-17(26-2)13-14-21(22)25-20-12-9-8-11-19(20)24(27-3)16-23(18)25/h8-9,11-16,18H,4-7,10H2,1-3H3. The second-order valence-corrected chi connectivity index (χ2v) is 7.44. The number of hydrogen-bond donors (Lipinski definition) is 0. The zero-order valence-electron chi connectivity index (χ0n) is 16.5. The van der Waals surface area contributed by atoms with Crippen LogP contribution in [0.25, 0.3) is 21.9 Å². The minimum Gasteiger partial charge on any atom is -0.497 e. The maximum atomic E-state index is 5.76. The van der Waals surface area contributed by atoms with Crippen LogP contribution in [0.2, 0.25) is 0 Å². The van der Waals surface area contributed by atoms with E-state index in [1.165, 1.54) is 65.1 Å². The summed E-state index contributed by atoms with van der Waals surface area (Å²) in [5.41, 5.74) is 5.54. The van der Waals surface area contributed by atoms with Gasteiger partial charge in [0.25, 0.3) is 0 Å². The SMILES string of the molecule is CCCCCCC1c2cc(OC)ccc2-c2c1cc(OC)c1ccccc21. The highest BCUT2D eigenvalue weighted by molar-refractivity contribution is 6.04. The number of benzene rings is 3. The molecule has 0 N–H and O–H groups in total. The van der Waals surface area contributed by atoms with E-state index >= 15 is 0 Å². The molecule has 0 radical (unpaired) electrons. The van der Waals surface area contributed by atoms with Crippen LogP contribution in [0.15, 0.2) is 48.5 Å². The number of unbranched alkanes of at least 4 members (excludes halogenated alkanes) is 3. The monoisotopic (exact) mass is 360 g/mol. The normalized spacial score (nSPS) is 14.9. The zero-order chi connectivity index (χ0) is 18.8. The Labute approximate surface area is 162 Å². The van der Waals surface area contributed by atoms with Crippen molar-refractivity contribution in [3.05, 3.63) is 59.7 Å². The van der Waals surface area contributed by atoms with Crippen molar-refractivity contribution in [2.24, 2.45) is 0 Å². The molecule has 0 bridgehead atoms. The van der Waals surface area contributed by atoms with Gasteiger partial charge in [0.15, 0.2) is 0 Å². The first-order valence-electron chi connectivity index (χ1n) is 10.1. The van der Waals surface area contributed by atoms with Gasteiger partial charge in [0, 0.05) is 11.3 Å². The number of fused-ring (bicyclic) bond motifs is 5. The number of ether oxygens (including phenoxy) is 2. The van der Waals surface area contributed by atoms with Gasteiger partial charge >= 0.3 is 0 Å². The largest absolute Gasteiger partial charge is 0.497 e.